The smallest absolute Gasteiger partial charge is 0.243 e. The lowest BCUT2D eigenvalue weighted by Crippen LogP contribution is -2.50. The third-order valence-corrected chi connectivity index (χ3v) is 7.54. The molecule has 2 amide bonds. The zero-order chi connectivity index (χ0) is 29.1. The minimum atomic E-state index is -3.82. The third-order valence-electron chi connectivity index (χ3n) is 6.36. The summed E-state index contributed by atoms with van der Waals surface area (Å²) in [7, 11) is -3.82. The van der Waals surface area contributed by atoms with Gasteiger partial charge in [-0.3, -0.25) is 13.9 Å². The lowest BCUT2D eigenvalue weighted by molar-refractivity contribution is -0.141. The van der Waals surface area contributed by atoms with Crippen LogP contribution < -0.4 is 9.62 Å². The molecule has 0 radical (unpaired) electrons. The maximum atomic E-state index is 14.4. The Morgan fingerprint density at radius 3 is 2.17 bits per heavy atom. The largest absolute Gasteiger partial charge is 0.354 e. The first-order valence-corrected chi connectivity index (χ1v) is 15.0. The topological polar surface area (TPSA) is 86.8 Å². The summed E-state index contributed by atoms with van der Waals surface area (Å²) in [6.45, 7) is 2.30. The van der Waals surface area contributed by atoms with Gasteiger partial charge in [-0.25, -0.2) is 17.2 Å². The van der Waals surface area contributed by atoms with Crippen LogP contribution in [0.2, 0.25) is 0 Å². The molecular formula is C30H35F2N3O4S. The fourth-order valence-corrected chi connectivity index (χ4v) is 5.31. The Bertz CT molecular complexity index is 1370. The fraction of sp³-hybridized carbons (Fsp3) is 0.333. The second kappa shape index (κ2) is 14.6. The Balaban J connectivity index is 1.87. The summed E-state index contributed by atoms with van der Waals surface area (Å²) < 4.78 is 53.8. The molecule has 10 heteroatoms. The first kappa shape index (κ1) is 30.7. The van der Waals surface area contributed by atoms with Crippen molar-refractivity contribution in [3.05, 3.63) is 102 Å². The van der Waals surface area contributed by atoms with E-state index in [-0.39, 0.29) is 49.9 Å². The molecule has 0 aromatic heterocycles. The second-order valence-electron chi connectivity index (χ2n) is 9.53. The van der Waals surface area contributed by atoms with Crippen LogP contribution >= 0.6 is 0 Å². The first-order valence-electron chi connectivity index (χ1n) is 13.2. The summed E-state index contributed by atoms with van der Waals surface area (Å²) in [5, 5.41) is 2.88. The molecule has 1 atom stereocenters. The molecule has 3 aromatic rings. The number of nitrogens with zero attached hydrogens (tertiary/aromatic N) is 2. The van der Waals surface area contributed by atoms with E-state index in [2.05, 4.69) is 5.32 Å². The maximum absolute atomic E-state index is 14.4. The molecular weight excluding hydrogens is 536 g/mol. The van der Waals surface area contributed by atoms with Gasteiger partial charge in [-0.2, -0.15) is 0 Å². The van der Waals surface area contributed by atoms with E-state index in [1.165, 1.54) is 41.3 Å². The standard InChI is InChI=1S/C30H35F2N3O4S/c1-3-19-33-30(37)28(21-23-10-5-4-6-11-23)34(22-24-15-17-25(31)18-16-24)29(36)14-9-20-35(40(2,38)39)27-13-8-7-12-26(27)32/h4-8,10-13,15-18,28H,3,9,14,19-22H2,1-2H3,(H,33,37)/t28-/m1/s1. The molecule has 3 aromatic carbocycles. The highest BCUT2D eigenvalue weighted by atomic mass is 32.2. The number of nitrogens with one attached hydrogen (secondary N) is 1. The SMILES string of the molecule is CCCNC(=O)[C@@H](Cc1ccccc1)N(Cc1ccc(F)cc1)C(=O)CCCN(c1ccccc1F)S(C)(=O)=O. The number of amides is 2. The van der Waals surface area contributed by atoms with Gasteiger partial charge in [-0.1, -0.05) is 61.5 Å². The van der Waals surface area contributed by atoms with E-state index in [0.29, 0.717) is 18.5 Å². The molecule has 0 spiro atoms. The lowest BCUT2D eigenvalue weighted by atomic mass is 10.0. The quantitative estimate of drug-likeness (QED) is 0.305. The zero-order valence-electron chi connectivity index (χ0n) is 22.7. The first-order chi connectivity index (χ1) is 19.1. The summed E-state index contributed by atoms with van der Waals surface area (Å²) in [4.78, 5) is 28.5. The van der Waals surface area contributed by atoms with E-state index >= 15 is 0 Å². The van der Waals surface area contributed by atoms with Crippen LogP contribution in [-0.2, 0) is 32.6 Å². The number of rotatable bonds is 14. The van der Waals surface area contributed by atoms with E-state index in [4.69, 9.17) is 0 Å². The minimum absolute atomic E-state index is 0.0548. The van der Waals surface area contributed by atoms with Gasteiger partial charge in [-0.15, -0.1) is 0 Å². The van der Waals surface area contributed by atoms with Crippen molar-refractivity contribution in [3.63, 3.8) is 0 Å². The van der Waals surface area contributed by atoms with Crippen LogP contribution in [0.15, 0.2) is 78.9 Å². The minimum Gasteiger partial charge on any atom is -0.354 e. The average molecular weight is 572 g/mol. The fourth-order valence-electron chi connectivity index (χ4n) is 4.34. The van der Waals surface area contributed by atoms with Gasteiger partial charge in [0.2, 0.25) is 21.8 Å². The molecule has 0 aliphatic heterocycles. The number of carbonyl (C=O) groups is 2. The highest BCUT2D eigenvalue weighted by molar-refractivity contribution is 7.92. The number of hydrogen-bond acceptors (Lipinski definition) is 4. The molecule has 0 saturated heterocycles. The van der Waals surface area contributed by atoms with Gasteiger partial charge in [-0.05, 0) is 48.2 Å². The highest BCUT2D eigenvalue weighted by Crippen LogP contribution is 2.23. The second-order valence-corrected chi connectivity index (χ2v) is 11.4. The van der Waals surface area contributed by atoms with Crippen molar-refractivity contribution in [2.24, 2.45) is 0 Å². The number of hydrogen-bond donors (Lipinski definition) is 1. The Hall–Kier alpha value is -3.79. The van der Waals surface area contributed by atoms with Crippen molar-refractivity contribution < 1.29 is 26.8 Å². The predicted molar refractivity (Wildman–Crippen MR) is 152 cm³/mol. The van der Waals surface area contributed by atoms with Crippen molar-refractivity contribution in [2.45, 2.75) is 45.2 Å². The lowest BCUT2D eigenvalue weighted by Gasteiger charge is -2.32. The van der Waals surface area contributed by atoms with Crippen LogP contribution in [0.5, 0.6) is 0 Å². The van der Waals surface area contributed by atoms with Crippen LogP contribution in [0.4, 0.5) is 14.5 Å². The van der Waals surface area contributed by atoms with Crippen LogP contribution in [0.3, 0.4) is 0 Å². The van der Waals surface area contributed by atoms with E-state index < -0.39 is 27.7 Å². The summed E-state index contributed by atoms with van der Waals surface area (Å²) in [5.74, 6) is -1.80. The molecule has 0 bridgehead atoms. The molecule has 0 saturated carbocycles. The van der Waals surface area contributed by atoms with Gasteiger partial charge < -0.3 is 10.2 Å². The molecule has 0 fully saturated rings. The van der Waals surface area contributed by atoms with Gasteiger partial charge >= 0.3 is 0 Å². The molecule has 1 N–H and O–H groups in total. The normalized spacial score (nSPS) is 12.0. The number of sulfonamides is 1. The van der Waals surface area contributed by atoms with Crippen molar-refractivity contribution in [1.82, 2.24) is 10.2 Å². The molecule has 7 nitrogen and oxygen atoms in total. The van der Waals surface area contributed by atoms with Crippen LogP contribution in [0.1, 0.15) is 37.3 Å². The number of benzene rings is 3. The third kappa shape index (κ3) is 8.87. The Kier molecular flexibility index (Phi) is 11.2. The Morgan fingerprint density at radius 1 is 0.900 bits per heavy atom. The number of carbonyl (C=O) groups excluding carboxylic acids is 2. The monoisotopic (exact) mass is 571 g/mol. The maximum Gasteiger partial charge on any atom is 0.243 e. The van der Waals surface area contributed by atoms with Crippen molar-refractivity contribution in [1.29, 1.82) is 0 Å². The summed E-state index contributed by atoms with van der Waals surface area (Å²) >= 11 is 0. The van der Waals surface area contributed by atoms with E-state index in [1.807, 2.05) is 37.3 Å². The molecule has 40 heavy (non-hydrogen) atoms. The van der Waals surface area contributed by atoms with E-state index in [1.54, 1.807) is 12.1 Å². The number of para-hydroxylation sites is 1. The van der Waals surface area contributed by atoms with E-state index in [9.17, 15) is 26.8 Å². The number of anilines is 1. The zero-order valence-corrected chi connectivity index (χ0v) is 23.5. The van der Waals surface area contributed by atoms with Crippen molar-refractivity contribution in [2.75, 3.05) is 23.7 Å². The molecule has 3 rings (SSSR count). The van der Waals surface area contributed by atoms with Crippen LogP contribution in [0, 0.1) is 11.6 Å². The van der Waals surface area contributed by atoms with Crippen molar-refractivity contribution >= 4 is 27.5 Å². The summed E-state index contributed by atoms with van der Waals surface area (Å²) in [5.41, 5.74) is 1.40. The molecule has 0 aliphatic carbocycles. The summed E-state index contributed by atoms with van der Waals surface area (Å²) in [6, 6.07) is 19.7. The van der Waals surface area contributed by atoms with Crippen LogP contribution in [0.25, 0.3) is 0 Å². The Labute approximate surface area is 234 Å². The predicted octanol–water partition coefficient (Wildman–Crippen LogP) is 4.68. The van der Waals surface area contributed by atoms with Gasteiger partial charge in [0.05, 0.1) is 11.9 Å². The molecule has 0 unspecified atom stereocenters. The van der Waals surface area contributed by atoms with Gasteiger partial charge in [0.15, 0.2) is 0 Å². The average Bonchev–Trinajstić information content (AvgIpc) is 2.93. The molecule has 214 valence electrons. The van der Waals surface area contributed by atoms with Gasteiger partial charge in [0.1, 0.15) is 17.7 Å². The van der Waals surface area contributed by atoms with Crippen molar-refractivity contribution in [3.8, 4) is 0 Å². The number of halogens is 2. The van der Waals surface area contributed by atoms with Gasteiger partial charge in [0, 0.05) is 32.5 Å². The highest BCUT2D eigenvalue weighted by Gasteiger charge is 2.30. The summed E-state index contributed by atoms with van der Waals surface area (Å²) in [6.07, 6.45) is 1.96. The van der Waals surface area contributed by atoms with Crippen LogP contribution in [-0.4, -0.2) is 50.5 Å². The molecule has 0 aliphatic rings. The van der Waals surface area contributed by atoms with Gasteiger partial charge in [0.25, 0.3) is 0 Å². The van der Waals surface area contributed by atoms with E-state index in [0.717, 1.165) is 16.1 Å². The Morgan fingerprint density at radius 2 is 1.55 bits per heavy atom. The molecule has 0 heterocycles.